The lowest BCUT2D eigenvalue weighted by Crippen LogP contribution is -2.28. The number of nitrogens with zero attached hydrogens (tertiary/aromatic N) is 2. The zero-order valence-corrected chi connectivity index (χ0v) is 13.8. The van der Waals surface area contributed by atoms with Gasteiger partial charge < -0.3 is 9.47 Å². The average molecular weight is 313 g/mol. The van der Waals surface area contributed by atoms with E-state index in [2.05, 4.69) is 5.10 Å². The maximum Gasteiger partial charge on any atom is 0.371 e. The first-order valence-electron chi connectivity index (χ1n) is 6.66. The van der Waals surface area contributed by atoms with Crippen molar-refractivity contribution in [2.45, 2.75) is 33.3 Å². The number of methoxy groups -OCH3 is 1. The number of esters is 1. The Hall–Kier alpha value is -1.75. The SMILES string of the molecule is CCN(/N=C(\Cl)C(=O)OC(C)(C)C)c1ccc(OC)cc1. The van der Waals surface area contributed by atoms with E-state index in [1.54, 1.807) is 32.9 Å². The van der Waals surface area contributed by atoms with Gasteiger partial charge in [0.25, 0.3) is 0 Å². The number of benzene rings is 1. The zero-order chi connectivity index (χ0) is 16.0. The maximum atomic E-state index is 11.8. The molecule has 0 aromatic heterocycles. The van der Waals surface area contributed by atoms with E-state index in [9.17, 15) is 4.79 Å². The van der Waals surface area contributed by atoms with Crippen LogP contribution in [0.3, 0.4) is 0 Å². The molecule has 116 valence electrons. The van der Waals surface area contributed by atoms with Crippen LogP contribution in [0.5, 0.6) is 5.75 Å². The molecule has 5 nitrogen and oxygen atoms in total. The van der Waals surface area contributed by atoms with Gasteiger partial charge in [0, 0.05) is 6.54 Å². The normalized spacial score (nSPS) is 12.0. The largest absolute Gasteiger partial charge is 0.497 e. The number of hydrogen-bond donors (Lipinski definition) is 0. The number of rotatable bonds is 5. The molecule has 0 N–H and O–H groups in total. The van der Waals surface area contributed by atoms with Crippen LogP contribution < -0.4 is 9.75 Å². The Kier molecular flexibility index (Phi) is 6.03. The van der Waals surface area contributed by atoms with E-state index in [-0.39, 0.29) is 5.17 Å². The Morgan fingerprint density at radius 3 is 2.29 bits per heavy atom. The summed E-state index contributed by atoms with van der Waals surface area (Å²) in [6.07, 6.45) is 0. The number of hydrogen-bond acceptors (Lipinski definition) is 5. The predicted octanol–water partition coefficient (Wildman–Crippen LogP) is 3.42. The summed E-state index contributed by atoms with van der Waals surface area (Å²) in [5.41, 5.74) is 0.198. The van der Waals surface area contributed by atoms with E-state index >= 15 is 0 Å². The Morgan fingerprint density at radius 2 is 1.86 bits per heavy atom. The second kappa shape index (κ2) is 7.31. The van der Waals surface area contributed by atoms with Gasteiger partial charge in [0.05, 0.1) is 12.8 Å². The van der Waals surface area contributed by atoms with Crippen molar-refractivity contribution in [2.75, 3.05) is 18.7 Å². The Bertz CT molecular complexity index is 507. The minimum absolute atomic E-state index is 0.206. The van der Waals surface area contributed by atoms with Gasteiger partial charge in [-0.1, -0.05) is 11.6 Å². The molecule has 0 atom stereocenters. The lowest BCUT2D eigenvalue weighted by Gasteiger charge is -2.20. The van der Waals surface area contributed by atoms with Crippen LogP contribution >= 0.6 is 11.6 Å². The highest BCUT2D eigenvalue weighted by Gasteiger charge is 2.20. The number of carbonyl (C=O) groups excluding carboxylic acids is 1. The van der Waals surface area contributed by atoms with E-state index in [0.29, 0.717) is 6.54 Å². The summed E-state index contributed by atoms with van der Waals surface area (Å²) in [5, 5.41) is 5.52. The highest BCUT2D eigenvalue weighted by atomic mass is 35.5. The topological polar surface area (TPSA) is 51.1 Å². The second-order valence-electron chi connectivity index (χ2n) is 5.31. The summed E-state index contributed by atoms with van der Waals surface area (Å²) in [6, 6.07) is 7.31. The molecule has 21 heavy (non-hydrogen) atoms. The summed E-state index contributed by atoms with van der Waals surface area (Å²) in [7, 11) is 1.60. The molecule has 0 bridgehead atoms. The van der Waals surface area contributed by atoms with Gasteiger partial charge in [-0.15, -0.1) is 0 Å². The third-order valence-corrected chi connectivity index (χ3v) is 2.68. The predicted molar refractivity (Wildman–Crippen MR) is 85.1 cm³/mol. The number of ether oxygens (including phenoxy) is 2. The number of anilines is 1. The van der Waals surface area contributed by atoms with Crippen molar-refractivity contribution in [3.05, 3.63) is 24.3 Å². The van der Waals surface area contributed by atoms with E-state index in [0.717, 1.165) is 11.4 Å². The molecular weight excluding hydrogens is 292 g/mol. The Labute approximate surface area is 130 Å². The molecule has 1 aromatic carbocycles. The van der Waals surface area contributed by atoms with Crippen LogP contribution in [0.1, 0.15) is 27.7 Å². The summed E-state index contributed by atoms with van der Waals surface area (Å²) < 4.78 is 10.3. The lowest BCUT2D eigenvalue weighted by molar-refractivity contribution is -0.145. The molecule has 0 fully saturated rings. The fourth-order valence-corrected chi connectivity index (χ4v) is 1.66. The number of halogens is 1. The van der Waals surface area contributed by atoms with Crippen LogP contribution in [-0.4, -0.2) is 30.4 Å². The van der Waals surface area contributed by atoms with Gasteiger partial charge >= 0.3 is 5.97 Å². The van der Waals surface area contributed by atoms with Crippen molar-refractivity contribution >= 4 is 28.4 Å². The van der Waals surface area contributed by atoms with Gasteiger partial charge in [0.1, 0.15) is 11.4 Å². The quantitative estimate of drug-likeness (QED) is 0.475. The highest BCUT2D eigenvalue weighted by molar-refractivity contribution is 6.82. The van der Waals surface area contributed by atoms with E-state index < -0.39 is 11.6 Å². The van der Waals surface area contributed by atoms with Crippen molar-refractivity contribution in [1.29, 1.82) is 0 Å². The molecule has 0 aliphatic carbocycles. The molecule has 1 aromatic rings. The first kappa shape index (κ1) is 17.3. The van der Waals surface area contributed by atoms with Gasteiger partial charge in [0.15, 0.2) is 0 Å². The van der Waals surface area contributed by atoms with Crippen LogP contribution in [0, 0.1) is 0 Å². The van der Waals surface area contributed by atoms with Crippen LogP contribution in [-0.2, 0) is 9.53 Å². The van der Waals surface area contributed by atoms with E-state index in [4.69, 9.17) is 21.1 Å². The number of hydrazone groups is 1. The zero-order valence-electron chi connectivity index (χ0n) is 13.0. The van der Waals surface area contributed by atoms with Crippen LogP contribution in [0.4, 0.5) is 5.69 Å². The third-order valence-electron chi connectivity index (χ3n) is 2.45. The summed E-state index contributed by atoms with van der Waals surface area (Å²) in [6.45, 7) is 7.79. The van der Waals surface area contributed by atoms with Crippen molar-refractivity contribution in [3.8, 4) is 5.75 Å². The van der Waals surface area contributed by atoms with Gasteiger partial charge in [-0.05, 0) is 52.0 Å². The second-order valence-corrected chi connectivity index (χ2v) is 5.66. The molecule has 1 rings (SSSR count). The first-order valence-corrected chi connectivity index (χ1v) is 7.03. The van der Waals surface area contributed by atoms with Crippen molar-refractivity contribution in [1.82, 2.24) is 0 Å². The molecule has 0 aliphatic rings. The average Bonchev–Trinajstić information content (AvgIpc) is 2.42. The van der Waals surface area contributed by atoms with Gasteiger partial charge in [0.2, 0.25) is 5.17 Å². The molecule has 0 saturated heterocycles. The maximum absolute atomic E-state index is 11.8. The Balaban J connectivity index is 2.88. The molecule has 6 heteroatoms. The molecule has 0 heterocycles. The fourth-order valence-electron chi connectivity index (χ4n) is 1.53. The highest BCUT2D eigenvalue weighted by Crippen LogP contribution is 2.20. The summed E-state index contributed by atoms with van der Waals surface area (Å²) >= 11 is 5.93. The molecule has 0 amide bonds. The lowest BCUT2D eigenvalue weighted by atomic mass is 10.2. The minimum Gasteiger partial charge on any atom is -0.497 e. The number of carbonyl (C=O) groups is 1. The van der Waals surface area contributed by atoms with Crippen molar-refractivity contribution in [2.24, 2.45) is 5.10 Å². The summed E-state index contributed by atoms with van der Waals surface area (Å²) in [4.78, 5) is 11.8. The van der Waals surface area contributed by atoms with Crippen LogP contribution in [0.25, 0.3) is 0 Å². The van der Waals surface area contributed by atoms with Crippen molar-refractivity contribution < 1.29 is 14.3 Å². The van der Waals surface area contributed by atoms with Gasteiger partial charge in [-0.2, -0.15) is 5.10 Å². The van der Waals surface area contributed by atoms with Gasteiger partial charge in [-0.25, -0.2) is 4.79 Å². The monoisotopic (exact) mass is 312 g/mol. The smallest absolute Gasteiger partial charge is 0.371 e. The van der Waals surface area contributed by atoms with Crippen molar-refractivity contribution in [3.63, 3.8) is 0 Å². The fraction of sp³-hybridized carbons (Fsp3) is 0.467. The van der Waals surface area contributed by atoms with E-state index in [1.807, 2.05) is 31.2 Å². The minimum atomic E-state index is -0.642. The molecular formula is C15H21ClN2O3. The molecule has 0 saturated carbocycles. The first-order chi connectivity index (χ1) is 9.76. The third kappa shape index (κ3) is 5.63. The van der Waals surface area contributed by atoms with Crippen LogP contribution in [0.2, 0.25) is 0 Å². The van der Waals surface area contributed by atoms with E-state index in [1.165, 1.54) is 0 Å². The molecule has 0 spiro atoms. The molecule has 0 radical (unpaired) electrons. The Morgan fingerprint density at radius 1 is 1.29 bits per heavy atom. The molecule has 0 unspecified atom stereocenters. The summed E-state index contributed by atoms with van der Waals surface area (Å²) in [5.74, 6) is 0.105. The standard InChI is InChI=1S/C15H21ClN2O3/c1-6-18(11-7-9-12(20-5)10-8-11)17-13(16)14(19)21-15(2,3)4/h7-10H,6H2,1-5H3/b17-13-. The molecule has 0 aliphatic heterocycles. The van der Waals surface area contributed by atoms with Gasteiger partial charge in [-0.3, -0.25) is 5.01 Å². The van der Waals surface area contributed by atoms with Crippen LogP contribution in [0.15, 0.2) is 29.4 Å².